The van der Waals surface area contributed by atoms with Crippen molar-refractivity contribution in [1.82, 2.24) is 29.7 Å². The molecule has 64 heavy (non-hydrogen) atoms. The van der Waals surface area contributed by atoms with E-state index in [-0.39, 0.29) is 31.9 Å². The first-order chi connectivity index (χ1) is 31.3. The molecule has 0 aliphatic rings. The smallest absolute Gasteiger partial charge is 0 e. The second-order valence-corrected chi connectivity index (χ2v) is 28.0. The molecule has 0 amide bonds. The molecule has 321 valence electrons. The molecule has 0 atom stereocenters. The van der Waals surface area contributed by atoms with Crippen molar-refractivity contribution in [2.75, 3.05) is 0 Å². The molecule has 0 saturated heterocycles. The minimum atomic E-state index is -2.30. The molecule has 6 aromatic carbocycles. The van der Waals surface area contributed by atoms with Crippen molar-refractivity contribution in [3.63, 3.8) is 0 Å². The van der Waals surface area contributed by atoms with Crippen molar-refractivity contribution in [3.8, 4) is 39.5 Å². The van der Waals surface area contributed by atoms with Crippen molar-refractivity contribution in [1.29, 1.82) is 0 Å². The molecule has 0 spiro atoms. The molecular weight excluding hydrogens is 1030 g/mol. The van der Waals surface area contributed by atoms with Gasteiger partial charge in [0.05, 0.1) is 11.4 Å². The van der Waals surface area contributed by atoms with Crippen LogP contribution in [0.5, 0.6) is 0 Å². The average molecular weight is 1080 g/mol. The minimum Gasteiger partial charge on any atom is 0 e. The van der Waals surface area contributed by atoms with E-state index >= 15 is 0 Å². The maximum absolute atomic E-state index is 8.85. The SMILES string of the molecule is CC(C)c1cc(-c2ccccc2)cc(C(C)C)c1-n1c(-c2[c-]ccc3c2oc2ccccc23)nc2nncnc21.[2H]C([2H])(c1ccccc1)c1cc(-c2[c-]cccc2)nc[c]1[Ge]([CH3])([CH3])[CH3].[Ir]. The van der Waals surface area contributed by atoms with E-state index in [1.165, 1.54) is 28.6 Å². The van der Waals surface area contributed by atoms with E-state index in [4.69, 9.17) is 17.1 Å². The predicted molar refractivity (Wildman–Crippen MR) is 260 cm³/mol. The normalized spacial score (nSPS) is 12.3. The summed E-state index contributed by atoms with van der Waals surface area (Å²) in [6, 6.07) is 52.9. The third kappa shape index (κ3) is 9.00. The number of para-hydroxylation sites is 1. The Morgan fingerprint density at radius 2 is 1.41 bits per heavy atom. The molecule has 10 aromatic rings. The van der Waals surface area contributed by atoms with E-state index in [9.17, 15) is 0 Å². The Morgan fingerprint density at radius 1 is 0.719 bits per heavy atom. The number of imidazole rings is 1. The standard InChI is InChI=1S/C34H28N5O.C21H22GeN.Ir/c1-20(2)27-17-23(22-11-6-5-7-12-22)18-28(21(3)4)30(27)39-33(37-32-34(39)35-19-36-38-32)26-15-10-14-25-24-13-8-9-16-29(24)40-31(25)26;1-22(2,3)20-16-23-21(18-12-8-5-9-13-18)15-19(20)14-17-10-6-4-7-11-17;/h5-14,16-21H,1-4H3;4-12,15-16H,14H2,1-3H3;/q2*-1;/i;14D2;. The zero-order valence-corrected chi connectivity index (χ0v) is 41.5. The molecular formula is C55H50GeIrN6O-2. The van der Waals surface area contributed by atoms with E-state index in [0.717, 1.165) is 54.4 Å². The molecule has 0 bridgehead atoms. The Bertz CT molecular complexity index is 3270. The van der Waals surface area contributed by atoms with Crippen LogP contribution in [0.3, 0.4) is 0 Å². The van der Waals surface area contributed by atoms with Crippen LogP contribution < -0.4 is 4.40 Å². The fourth-order valence-electron chi connectivity index (χ4n) is 8.13. The third-order valence-electron chi connectivity index (χ3n) is 11.3. The number of furan rings is 1. The monoisotopic (exact) mass is 1080 g/mol. The third-order valence-corrected chi connectivity index (χ3v) is 15.5. The van der Waals surface area contributed by atoms with Crippen LogP contribution in [0.15, 0.2) is 156 Å². The summed E-state index contributed by atoms with van der Waals surface area (Å²) in [6.07, 6.45) is 1.83. The van der Waals surface area contributed by atoms with Crippen LogP contribution in [0.4, 0.5) is 0 Å². The van der Waals surface area contributed by atoms with Crippen molar-refractivity contribution in [2.24, 2.45) is 0 Å². The topological polar surface area (TPSA) is 82.5 Å². The van der Waals surface area contributed by atoms with Crippen LogP contribution in [-0.2, 0) is 26.5 Å². The summed E-state index contributed by atoms with van der Waals surface area (Å²) < 4.78 is 27.4. The number of fused-ring (bicyclic) bond motifs is 4. The van der Waals surface area contributed by atoms with Gasteiger partial charge in [0.25, 0.3) is 0 Å². The fraction of sp³-hybridized carbons (Fsp3) is 0.182. The van der Waals surface area contributed by atoms with E-state index < -0.39 is 19.6 Å². The maximum Gasteiger partial charge on any atom is 0 e. The average Bonchev–Trinajstić information content (AvgIpc) is 3.90. The zero-order chi connectivity index (χ0) is 45.5. The van der Waals surface area contributed by atoms with Gasteiger partial charge in [-0.15, -0.1) is 28.4 Å². The van der Waals surface area contributed by atoms with Crippen LogP contribution in [0.25, 0.3) is 72.7 Å². The first-order valence-corrected chi connectivity index (χ1v) is 28.8. The van der Waals surface area contributed by atoms with Gasteiger partial charge in [0.1, 0.15) is 11.9 Å². The van der Waals surface area contributed by atoms with E-state index in [1.807, 2.05) is 97.2 Å². The molecule has 4 aromatic heterocycles. The molecule has 9 heteroatoms. The predicted octanol–water partition coefficient (Wildman–Crippen LogP) is 13.2. The summed E-state index contributed by atoms with van der Waals surface area (Å²) in [4.78, 5) is 14.3. The van der Waals surface area contributed by atoms with Gasteiger partial charge in [-0.1, -0.05) is 87.2 Å². The number of aromatic nitrogens is 6. The first-order valence-electron chi connectivity index (χ1n) is 22.5. The van der Waals surface area contributed by atoms with Gasteiger partial charge in [-0.25, -0.2) is 4.98 Å². The molecule has 0 N–H and O–H groups in total. The number of benzene rings is 6. The number of hydrogen-bond acceptors (Lipinski definition) is 6. The summed E-state index contributed by atoms with van der Waals surface area (Å²) in [5.41, 5.74) is 12.4. The summed E-state index contributed by atoms with van der Waals surface area (Å²) in [5, 5.41) is 10.5. The molecule has 0 aliphatic heterocycles. The Kier molecular flexibility index (Phi) is 12.4. The number of pyridine rings is 1. The second kappa shape index (κ2) is 19.0. The Hall–Kier alpha value is -6.06. The van der Waals surface area contributed by atoms with Crippen molar-refractivity contribution in [3.05, 3.63) is 186 Å². The van der Waals surface area contributed by atoms with Crippen LogP contribution in [-0.4, -0.2) is 43.0 Å². The summed E-state index contributed by atoms with van der Waals surface area (Å²) in [5.74, 6) is 7.98. The van der Waals surface area contributed by atoms with E-state index in [0.29, 0.717) is 22.7 Å². The summed E-state index contributed by atoms with van der Waals surface area (Å²) in [6.45, 7) is 8.93. The Balaban J connectivity index is 0.000000197. The molecule has 7 nitrogen and oxygen atoms in total. The zero-order valence-electron chi connectivity index (χ0n) is 39.0. The largest absolute Gasteiger partial charge is 0 e. The minimum absolute atomic E-state index is 0. The molecule has 0 fully saturated rings. The fourth-order valence-corrected chi connectivity index (χ4v) is 11.1. The molecule has 10 rings (SSSR count). The van der Waals surface area contributed by atoms with Gasteiger partial charge < -0.3 is 8.98 Å². The van der Waals surface area contributed by atoms with Gasteiger partial charge in [-0.3, -0.25) is 4.98 Å². The van der Waals surface area contributed by atoms with Gasteiger partial charge in [-0.2, -0.15) is 0 Å². The maximum atomic E-state index is 8.85. The number of rotatable bonds is 9. The van der Waals surface area contributed by atoms with Crippen molar-refractivity contribution < 1.29 is 27.3 Å². The van der Waals surface area contributed by atoms with Crippen LogP contribution in [0, 0.1) is 12.1 Å². The van der Waals surface area contributed by atoms with Gasteiger partial charge in [0.2, 0.25) is 5.65 Å². The summed E-state index contributed by atoms with van der Waals surface area (Å²) >= 11 is -2.30. The molecule has 0 aliphatic carbocycles. The number of nitrogens with zero attached hydrogens (tertiary/aromatic N) is 6. The summed E-state index contributed by atoms with van der Waals surface area (Å²) in [7, 11) is 0. The van der Waals surface area contributed by atoms with E-state index in [2.05, 4.69) is 125 Å². The van der Waals surface area contributed by atoms with Gasteiger partial charge in [0, 0.05) is 31.2 Å². The van der Waals surface area contributed by atoms with Gasteiger partial charge in [-0.05, 0) is 52.3 Å². The Labute approximate surface area is 394 Å². The van der Waals surface area contributed by atoms with Crippen LogP contribution >= 0.6 is 0 Å². The first kappa shape index (κ1) is 41.9. The van der Waals surface area contributed by atoms with Crippen molar-refractivity contribution in [2.45, 2.75) is 63.2 Å². The molecule has 1 radical (unpaired) electrons. The van der Waals surface area contributed by atoms with E-state index in [1.54, 1.807) is 0 Å². The van der Waals surface area contributed by atoms with Crippen LogP contribution in [0.2, 0.25) is 17.3 Å². The molecule has 0 unspecified atom stereocenters. The van der Waals surface area contributed by atoms with Crippen LogP contribution in [0.1, 0.15) is 64.5 Å². The molecule has 4 heterocycles. The van der Waals surface area contributed by atoms with Gasteiger partial charge in [0.15, 0.2) is 5.65 Å². The van der Waals surface area contributed by atoms with Gasteiger partial charge >= 0.3 is 144 Å². The quantitative estimate of drug-likeness (QED) is 0.106. The number of hydrogen-bond donors (Lipinski definition) is 0. The Morgan fingerprint density at radius 3 is 2.09 bits per heavy atom. The van der Waals surface area contributed by atoms with Crippen molar-refractivity contribution >= 4 is 50.9 Å². The molecule has 0 saturated carbocycles. The second-order valence-electron chi connectivity index (χ2n) is 17.4.